The van der Waals surface area contributed by atoms with Crippen molar-refractivity contribution in [1.82, 2.24) is 16.0 Å². The van der Waals surface area contributed by atoms with E-state index in [4.69, 9.17) is 4.74 Å². The molecule has 0 aliphatic rings. The first-order chi connectivity index (χ1) is 13.9. The van der Waals surface area contributed by atoms with E-state index in [0.29, 0.717) is 26.1 Å². The van der Waals surface area contributed by atoms with Crippen molar-refractivity contribution in [1.29, 1.82) is 0 Å². The Morgan fingerprint density at radius 2 is 1.31 bits per heavy atom. The second-order valence-corrected chi connectivity index (χ2v) is 6.72. The summed E-state index contributed by atoms with van der Waals surface area (Å²) in [5, 5.41) is 8.28. The first-order valence-corrected chi connectivity index (χ1v) is 9.47. The lowest BCUT2D eigenvalue weighted by atomic mass is 10.0. The summed E-state index contributed by atoms with van der Waals surface area (Å²) >= 11 is 0. The molecule has 0 aromatic heterocycles. The zero-order chi connectivity index (χ0) is 21.1. The Kier molecular flexibility index (Phi) is 8.69. The molecular weight excluding hydrogens is 370 g/mol. The van der Waals surface area contributed by atoms with Crippen LogP contribution in [-0.4, -0.2) is 24.5 Å². The number of amides is 3. The molecule has 3 N–H and O–H groups in total. The van der Waals surface area contributed by atoms with Crippen LogP contribution in [0.4, 0.5) is 4.79 Å². The molecule has 0 unspecified atom stereocenters. The van der Waals surface area contributed by atoms with Crippen LogP contribution >= 0.6 is 0 Å². The lowest BCUT2D eigenvalue weighted by molar-refractivity contribution is -0.119. The summed E-state index contributed by atoms with van der Waals surface area (Å²) in [6, 6.07) is 15.4. The van der Waals surface area contributed by atoms with Gasteiger partial charge in [-0.1, -0.05) is 48.5 Å². The number of hydrogen-bond donors (Lipinski definition) is 3. The maximum Gasteiger partial charge on any atom is 0.407 e. The average molecular weight is 397 g/mol. The minimum atomic E-state index is -0.471. The normalized spacial score (nSPS) is 10.1. The van der Waals surface area contributed by atoms with Crippen molar-refractivity contribution in [2.24, 2.45) is 0 Å². The molecule has 0 aliphatic carbocycles. The fourth-order valence-corrected chi connectivity index (χ4v) is 2.72. The van der Waals surface area contributed by atoms with Crippen molar-refractivity contribution in [3.63, 3.8) is 0 Å². The van der Waals surface area contributed by atoms with Gasteiger partial charge in [-0.25, -0.2) is 4.79 Å². The highest BCUT2D eigenvalue weighted by Gasteiger charge is 2.06. The van der Waals surface area contributed by atoms with Crippen molar-refractivity contribution < 1.29 is 19.1 Å². The van der Waals surface area contributed by atoms with E-state index in [1.807, 2.05) is 48.5 Å². The van der Waals surface area contributed by atoms with Crippen LogP contribution in [0.3, 0.4) is 0 Å². The highest BCUT2D eigenvalue weighted by Crippen LogP contribution is 2.12. The summed E-state index contributed by atoms with van der Waals surface area (Å²) in [7, 11) is 0. The van der Waals surface area contributed by atoms with Crippen molar-refractivity contribution >= 4 is 17.9 Å². The minimum Gasteiger partial charge on any atom is -0.445 e. The number of nitrogens with one attached hydrogen (secondary N) is 3. The quantitative estimate of drug-likeness (QED) is 0.605. The van der Waals surface area contributed by atoms with Gasteiger partial charge in [0.2, 0.25) is 11.8 Å². The molecule has 0 heterocycles. The van der Waals surface area contributed by atoms with Crippen LogP contribution in [0.5, 0.6) is 0 Å². The van der Waals surface area contributed by atoms with E-state index in [-0.39, 0.29) is 18.4 Å². The van der Waals surface area contributed by atoms with Crippen LogP contribution in [0.1, 0.15) is 36.1 Å². The number of rotatable bonds is 9. The van der Waals surface area contributed by atoms with Gasteiger partial charge in [0.15, 0.2) is 0 Å². The van der Waals surface area contributed by atoms with Crippen LogP contribution < -0.4 is 16.0 Å². The topological polar surface area (TPSA) is 96.5 Å². The molecule has 0 fully saturated rings. The Balaban J connectivity index is 1.88. The number of ether oxygens (including phenoxy) is 1. The zero-order valence-electron chi connectivity index (χ0n) is 16.8. The van der Waals surface area contributed by atoms with Crippen molar-refractivity contribution in [3.05, 3.63) is 70.8 Å². The summed E-state index contributed by atoms with van der Waals surface area (Å²) in [5.74, 6) is -0.219. The van der Waals surface area contributed by atoms with E-state index in [0.717, 1.165) is 22.3 Å². The van der Waals surface area contributed by atoms with Gasteiger partial charge in [-0.15, -0.1) is 0 Å². The van der Waals surface area contributed by atoms with Gasteiger partial charge in [-0.3, -0.25) is 9.59 Å². The number of benzene rings is 2. The second kappa shape index (κ2) is 11.5. The number of carbonyl (C=O) groups excluding carboxylic acids is 3. The van der Waals surface area contributed by atoms with Crippen molar-refractivity contribution in [2.45, 2.75) is 40.0 Å². The van der Waals surface area contributed by atoms with Crippen LogP contribution in [-0.2, 0) is 40.4 Å². The lowest BCUT2D eigenvalue weighted by Crippen LogP contribution is -2.26. The zero-order valence-corrected chi connectivity index (χ0v) is 16.8. The SMILES string of the molecule is CC(=O)NCc1cc(CCNC(=O)OCc2ccccc2)cc(CNC(C)=O)c1. The predicted molar refractivity (Wildman–Crippen MR) is 110 cm³/mol. The Morgan fingerprint density at radius 1 is 0.759 bits per heavy atom. The van der Waals surface area contributed by atoms with Crippen LogP contribution in [0.2, 0.25) is 0 Å². The molecule has 3 amide bonds. The van der Waals surface area contributed by atoms with E-state index < -0.39 is 6.09 Å². The van der Waals surface area contributed by atoms with Gasteiger partial charge < -0.3 is 20.7 Å². The van der Waals surface area contributed by atoms with Gasteiger partial charge in [-0.05, 0) is 28.7 Å². The summed E-state index contributed by atoms with van der Waals surface area (Å²) in [6.45, 7) is 4.38. The molecule has 0 aliphatic heterocycles. The Labute approximate surface area is 170 Å². The second-order valence-electron chi connectivity index (χ2n) is 6.72. The Hall–Kier alpha value is -3.35. The molecule has 2 rings (SSSR count). The lowest BCUT2D eigenvalue weighted by Gasteiger charge is -2.12. The monoisotopic (exact) mass is 397 g/mol. The summed E-state index contributed by atoms with van der Waals surface area (Å²) in [4.78, 5) is 34.2. The van der Waals surface area contributed by atoms with E-state index in [9.17, 15) is 14.4 Å². The molecule has 7 nitrogen and oxygen atoms in total. The molecule has 0 spiro atoms. The van der Waals surface area contributed by atoms with Crippen molar-refractivity contribution in [3.8, 4) is 0 Å². The molecule has 154 valence electrons. The number of alkyl carbamates (subject to hydrolysis) is 1. The third kappa shape index (κ3) is 8.92. The third-order valence-corrected chi connectivity index (χ3v) is 4.09. The first-order valence-electron chi connectivity index (χ1n) is 9.47. The number of carbonyl (C=O) groups is 3. The summed E-state index contributed by atoms with van der Waals surface area (Å²) in [6.07, 6.45) is 0.128. The molecular formula is C22H27N3O4. The Bertz CT molecular complexity index is 801. The fourth-order valence-electron chi connectivity index (χ4n) is 2.72. The largest absolute Gasteiger partial charge is 0.445 e. The smallest absolute Gasteiger partial charge is 0.407 e. The Morgan fingerprint density at radius 3 is 1.86 bits per heavy atom. The highest BCUT2D eigenvalue weighted by molar-refractivity contribution is 5.73. The summed E-state index contributed by atoms with van der Waals surface area (Å²) < 4.78 is 5.20. The fraction of sp³-hybridized carbons (Fsp3) is 0.318. The van der Waals surface area contributed by atoms with E-state index in [1.165, 1.54) is 13.8 Å². The molecule has 2 aromatic rings. The molecule has 0 radical (unpaired) electrons. The maximum absolute atomic E-state index is 11.9. The van der Waals surface area contributed by atoms with Gasteiger partial charge in [0, 0.05) is 33.5 Å². The van der Waals surface area contributed by atoms with Gasteiger partial charge in [0.1, 0.15) is 6.61 Å². The predicted octanol–water partition coefficient (Wildman–Crippen LogP) is 2.43. The van der Waals surface area contributed by atoms with Gasteiger partial charge in [0.25, 0.3) is 0 Å². The first kappa shape index (κ1) is 21.9. The van der Waals surface area contributed by atoms with E-state index in [1.54, 1.807) is 0 Å². The molecule has 0 bridgehead atoms. The highest BCUT2D eigenvalue weighted by atomic mass is 16.5. The standard InChI is InChI=1S/C22H27N3O4/c1-16(26)24-13-20-10-19(11-21(12-20)14-25-17(2)27)8-9-23-22(28)29-15-18-6-4-3-5-7-18/h3-7,10-12H,8-9,13-15H2,1-2H3,(H,23,28)(H,24,26)(H,25,27). The molecule has 0 saturated carbocycles. The molecule has 0 saturated heterocycles. The van der Waals surface area contributed by atoms with E-state index >= 15 is 0 Å². The van der Waals surface area contributed by atoms with E-state index in [2.05, 4.69) is 16.0 Å². The van der Waals surface area contributed by atoms with Crippen molar-refractivity contribution in [2.75, 3.05) is 6.54 Å². The number of hydrogen-bond acceptors (Lipinski definition) is 4. The molecule has 0 atom stereocenters. The van der Waals surface area contributed by atoms with Crippen LogP contribution in [0.15, 0.2) is 48.5 Å². The van der Waals surface area contributed by atoms with Crippen LogP contribution in [0.25, 0.3) is 0 Å². The van der Waals surface area contributed by atoms with Crippen LogP contribution in [0, 0.1) is 0 Å². The molecule has 2 aromatic carbocycles. The van der Waals surface area contributed by atoms with Gasteiger partial charge in [-0.2, -0.15) is 0 Å². The van der Waals surface area contributed by atoms with Gasteiger partial charge in [0.05, 0.1) is 0 Å². The summed E-state index contributed by atoms with van der Waals surface area (Å²) in [5.41, 5.74) is 3.79. The average Bonchev–Trinajstić information content (AvgIpc) is 2.70. The molecule has 7 heteroatoms. The molecule has 29 heavy (non-hydrogen) atoms. The minimum absolute atomic E-state index is 0.110. The van der Waals surface area contributed by atoms with Gasteiger partial charge >= 0.3 is 6.09 Å². The maximum atomic E-state index is 11.9. The third-order valence-electron chi connectivity index (χ3n) is 4.09.